The number of nitro groups is 1. The van der Waals surface area contributed by atoms with Crippen LogP contribution in [0.3, 0.4) is 0 Å². The largest absolute Gasteiger partial charge is 0.467 e. The lowest BCUT2D eigenvalue weighted by atomic mass is 9.55. The Hall–Kier alpha value is -4.28. The van der Waals surface area contributed by atoms with Gasteiger partial charge in [-0.15, -0.1) is 0 Å². The van der Waals surface area contributed by atoms with Crippen molar-refractivity contribution in [2.45, 2.75) is 18.9 Å². The van der Waals surface area contributed by atoms with Gasteiger partial charge in [-0.1, -0.05) is 6.92 Å². The number of ether oxygens (including phenoxy) is 1. The normalized spacial score (nSPS) is 21.1. The van der Waals surface area contributed by atoms with Crippen LogP contribution in [0, 0.1) is 66.3 Å². The molecule has 0 saturated heterocycles. The average molecular weight is 376 g/mol. The Morgan fingerprint density at radius 1 is 1.14 bits per heavy atom. The number of non-ortho nitro benzene ring substituents is 1. The molecule has 2 rings (SSSR count). The van der Waals surface area contributed by atoms with Gasteiger partial charge in [0, 0.05) is 12.1 Å². The van der Waals surface area contributed by atoms with Crippen LogP contribution in [0.1, 0.15) is 18.9 Å². The fraction of sp³-hybridized carbons (Fsp3) is 0.333. The van der Waals surface area contributed by atoms with Crippen LogP contribution in [-0.4, -0.2) is 23.7 Å². The van der Waals surface area contributed by atoms with E-state index in [0.29, 0.717) is 0 Å². The van der Waals surface area contributed by atoms with E-state index in [0.717, 1.165) is 31.4 Å². The summed E-state index contributed by atoms with van der Waals surface area (Å²) in [6.45, 7) is 1.56. The zero-order valence-electron chi connectivity index (χ0n) is 14.8. The number of rotatable bonds is 4. The molecule has 138 valence electrons. The molecule has 0 bridgehead atoms. The summed E-state index contributed by atoms with van der Waals surface area (Å²) >= 11 is 0. The Morgan fingerprint density at radius 3 is 2.04 bits per heavy atom. The molecular formula is C18H12N6O4. The minimum absolute atomic E-state index is 0.0119. The maximum atomic E-state index is 12.9. The number of benzene rings is 1. The third-order valence-electron chi connectivity index (χ3n) is 4.82. The Labute approximate surface area is 159 Å². The summed E-state index contributed by atoms with van der Waals surface area (Å²) in [6, 6.07) is 11.2. The highest BCUT2D eigenvalue weighted by Crippen LogP contribution is 2.60. The molecule has 1 atom stereocenters. The standard InChI is InChI=1S/C18H12N6O4/c1-3-14-16(8-19,9-20)17(10-21,11-22)18(23-14,15(25)28-2)12-4-6-13(7-5-12)24(26)27/h4-7H,3H2,1-2H3. The SMILES string of the molecule is CCC1=NC(C(=O)OC)(c2ccc([N+](=O)[O-])cc2)C(C#N)(C#N)C1(C#N)C#N. The second kappa shape index (κ2) is 6.79. The van der Waals surface area contributed by atoms with Crippen molar-refractivity contribution in [2.75, 3.05) is 7.11 Å². The van der Waals surface area contributed by atoms with Crippen molar-refractivity contribution in [1.82, 2.24) is 0 Å². The van der Waals surface area contributed by atoms with Crippen LogP contribution in [0.25, 0.3) is 0 Å². The average Bonchev–Trinajstić information content (AvgIpc) is 3.00. The van der Waals surface area contributed by atoms with Crippen molar-refractivity contribution >= 4 is 17.4 Å². The first-order valence-electron chi connectivity index (χ1n) is 7.88. The number of nitro benzene ring substituents is 1. The number of esters is 1. The molecule has 28 heavy (non-hydrogen) atoms. The number of nitrogens with zero attached hydrogens (tertiary/aromatic N) is 6. The van der Waals surface area contributed by atoms with Crippen LogP contribution < -0.4 is 0 Å². The minimum atomic E-state index is -2.57. The van der Waals surface area contributed by atoms with Crippen LogP contribution >= 0.6 is 0 Å². The van der Waals surface area contributed by atoms with Crippen LogP contribution in [0.2, 0.25) is 0 Å². The molecule has 0 aromatic heterocycles. The summed E-state index contributed by atoms with van der Waals surface area (Å²) in [5, 5.41) is 50.4. The summed E-state index contributed by atoms with van der Waals surface area (Å²) < 4.78 is 4.80. The van der Waals surface area contributed by atoms with E-state index in [-0.39, 0.29) is 23.4 Å². The van der Waals surface area contributed by atoms with E-state index in [4.69, 9.17) is 4.74 Å². The Morgan fingerprint density at radius 2 is 1.68 bits per heavy atom. The molecule has 1 unspecified atom stereocenters. The molecule has 0 radical (unpaired) electrons. The molecule has 0 fully saturated rings. The van der Waals surface area contributed by atoms with Crippen molar-refractivity contribution < 1.29 is 14.5 Å². The van der Waals surface area contributed by atoms with Gasteiger partial charge in [-0.05, 0) is 24.1 Å². The molecule has 0 N–H and O–H groups in total. The maximum absolute atomic E-state index is 12.9. The summed E-state index contributed by atoms with van der Waals surface area (Å²) in [5.74, 6) is -1.14. The lowest BCUT2D eigenvalue weighted by Gasteiger charge is -2.36. The Balaban J connectivity index is 3.04. The van der Waals surface area contributed by atoms with Gasteiger partial charge in [-0.2, -0.15) is 21.0 Å². The zero-order valence-corrected chi connectivity index (χ0v) is 14.8. The highest BCUT2D eigenvalue weighted by molar-refractivity contribution is 6.05. The topological polar surface area (TPSA) is 177 Å². The number of carbonyl (C=O) groups is 1. The maximum Gasteiger partial charge on any atom is 0.341 e. The second-order valence-electron chi connectivity index (χ2n) is 5.87. The number of methoxy groups -OCH3 is 1. The van der Waals surface area contributed by atoms with Crippen molar-refractivity contribution in [1.29, 1.82) is 21.0 Å². The quantitative estimate of drug-likeness (QED) is 0.434. The molecule has 0 saturated carbocycles. The third kappa shape index (κ3) is 2.09. The van der Waals surface area contributed by atoms with Crippen LogP contribution in [0.4, 0.5) is 5.69 Å². The molecule has 0 spiro atoms. The van der Waals surface area contributed by atoms with Gasteiger partial charge in [-0.3, -0.25) is 15.1 Å². The number of hydrogen-bond donors (Lipinski definition) is 0. The van der Waals surface area contributed by atoms with Gasteiger partial charge in [0.2, 0.25) is 16.4 Å². The van der Waals surface area contributed by atoms with E-state index in [1.807, 2.05) is 0 Å². The van der Waals surface area contributed by atoms with E-state index >= 15 is 0 Å². The van der Waals surface area contributed by atoms with Gasteiger partial charge in [-0.25, -0.2) is 4.79 Å². The monoisotopic (exact) mass is 376 g/mol. The van der Waals surface area contributed by atoms with Gasteiger partial charge in [0.15, 0.2) is 0 Å². The van der Waals surface area contributed by atoms with Gasteiger partial charge in [0.1, 0.15) is 0 Å². The van der Waals surface area contributed by atoms with Gasteiger partial charge in [0.25, 0.3) is 5.69 Å². The molecule has 0 amide bonds. The first kappa shape index (κ1) is 20.0. The molecule has 10 heteroatoms. The van der Waals surface area contributed by atoms with Crippen molar-refractivity contribution in [3.8, 4) is 24.3 Å². The summed E-state index contributed by atoms with van der Waals surface area (Å²) in [4.78, 5) is 27.4. The van der Waals surface area contributed by atoms with E-state index in [1.54, 1.807) is 31.2 Å². The van der Waals surface area contributed by atoms with E-state index < -0.39 is 27.3 Å². The van der Waals surface area contributed by atoms with Crippen LogP contribution in [0.5, 0.6) is 0 Å². The Bertz CT molecular complexity index is 1020. The number of aliphatic imine (C=N–C) groups is 1. The molecule has 1 aliphatic rings. The highest BCUT2D eigenvalue weighted by Gasteiger charge is 2.77. The summed E-state index contributed by atoms with van der Waals surface area (Å²) in [7, 11) is 1.01. The second-order valence-corrected chi connectivity index (χ2v) is 5.87. The predicted molar refractivity (Wildman–Crippen MR) is 91.8 cm³/mol. The Kier molecular flexibility index (Phi) is 4.86. The van der Waals surface area contributed by atoms with Crippen molar-refractivity contribution in [3.05, 3.63) is 39.9 Å². The summed E-state index contributed by atoms with van der Waals surface area (Å²) in [5.41, 5.74) is -7.76. The van der Waals surface area contributed by atoms with Gasteiger partial charge < -0.3 is 4.74 Å². The first-order valence-corrected chi connectivity index (χ1v) is 7.88. The first-order chi connectivity index (χ1) is 13.3. The smallest absolute Gasteiger partial charge is 0.341 e. The molecule has 1 aliphatic heterocycles. The molecule has 0 aliphatic carbocycles. The van der Waals surface area contributed by atoms with Crippen molar-refractivity contribution in [3.63, 3.8) is 0 Å². The van der Waals surface area contributed by atoms with Crippen LogP contribution in [-0.2, 0) is 15.1 Å². The fourth-order valence-corrected chi connectivity index (χ4v) is 3.45. The molecular weight excluding hydrogens is 364 g/mol. The molecule has 1 heterocycles. The zero-order chi connectivity index (χ0) is 21.2. The number of nitriles is 4. The van der Waals surface area contributed by atoms with E-state index in [9.17, 15) is 36.0 Å². The minimum Gasteiger partial charge on any atom is -0.467 e. The fourth-order valence-electron chi connectivity index (χ4n) is 3.45. The third-order valence-corrected chi connectivity index (χ3v) is 4.82. The molecule has 1 aromatic carbocycles. The van der Waals surface area contributed by atoms with Gasteiger partial charge in [0.05, 0.1) is 42.0 Å². The summed E-state index contributed by atoms with van der Waals surface area (Å²) in [6.07, 6.45) is 0.0119. The van der Waals surface area contributed by atoms with E-state index in [1.165, 1.54) is 0 Å². The number of hydrogen-bond acceptors (Lipinski definition) is 9. The predicted octanol–water partition coefficient (Wildman–Crippen LogP) is 1.89. The number of carbonyl (C=O) groups excluding carboxylic acids is 1. The highest BCUT2D eigenvalue weighted by atomic mass is 16.6. The molecule has 10 nitrogen and oxygen atoms in total. The lowest BCUT2D eigenvalue weighted by Crippen LogP contribution is -2.54. The lowest BCUT2D eigenvalue weighted by molar-refractivity contribution is -0.384. The molecule has 1 aromatic rings. The van der Waals surface area contributed by atoms with E-state index in [2.05, 4.69) is 4.99 Å². The van der Waals surface area contributed by atoms with Crippen molar-refractivity contribution in [2.24, 2.45) is 15.8 Å². The van der Waals surface area contributed by atoms with Crippen LogP contribution in [0.15, 0.2) is 29.3 Å². The van der Waals surface area contributed by atoms with Gasteiger partial charge >= 0.3 is 5.97 Å².